The maximum Gasteiger partial charge on any atom is 0.414 e. The minimum Gasteiger partial charge on any atom is -0.478 e. The molecule has 2 unspecified atom stereocenters. The third-order valence-electron chi connectivity index (χ3n) is 6.65. The normalized spacial score (nSPS) is 20.9. The third-order valence-corrected chi connectivity index (χ3v) is 6.65. The van der Waals surface area contributed by atoms with Crippen LogP contribution in [0.25, 0.3) is 0 Å². The van der Waals surface area contributed by atoms with Gasteiger partial charge in [-0.15, -0.1) is 0 Å². The zero-order chi connectivity index (χ0) is 29.0. The minimum atomic E-state index is -1.75. The summed E-state index contributed by atoms with van der Waals surface area (Å²) >= 11 is 0. The van der Waals surface area contributed by atoms with Crippen LogP contribution in [0.1, 0.15) is 67.2 Å². The molecule has 2 atom stereocenters. The Balaban J connectivity index is 2.90. The molecule has 1 aliphatic rings. The summed E-state index contributed by atoms with van der Waals surface area (Å²) < 4.78 is 47.0. The molecule has 212 valence electrons. The zero-order valence-corrected chi connectivity index (χ0v) is 23.3. The number of nitrogens with one attached hydrogen (secondary N) is 1. The van der Waals surface area contributed by atoms with Gasteiger partial charge in [-0.1, -0.05) is 38.7 Å². The fourth-order valence-electron chi connectivity index (χ4n) is 3.77. The number of cyclic esters (lactones) is 1. The maximum absolute atomic E-state index is 14.6. The van der Waals surface area contributed by atoms with E-state index in [1.165, 1.54) is 17.9 Å². The van der Waals surface area contributed by atoms with Crippen LogP contribution in [0, 0.1) is 0 Å². The molecular formula is C29H41F3N2O4. The Labute approximate surface area is 224 Å². The second kappa shape index (κ2) is 15.4. The van der Waals surface area contributed by atoms with E-state index < -0.39 is 41.9 Å². The second-order valence-corrected chi connectivity index (χ2v) is 9.48. The van der Waals surface area contributed by atoms with E-state index in [0.717, 1.165) is 18.9 Å². The standard InChI is InChI=1S/C29H41F3N2O4/c1-8-10-11-24(21(5)22(6)25(31)16-26(32)23(7)30)17-33-15-14-29(9-2)18-34(28(37)38-29)20(4)13-12-19(3)27(35)36/h10-13,25,33H,6,8-9,14-18H2,1-5,7H3,(H,35,36)/b11-10-,19-12+,20-13+,24-21-,26-23-. The summed E-state index contributed by atoms with van der Waals surface area (Å²) in [6.45, 7) is 14.7. The van der Waals surface area contributed by atoms with Crippen LogP contribution in [0.4, 0.5) is 18.0 Å². The molecule has 2 N–H and O–H groups in total. The number of carboxylic acid groups (broad SMARTS) is 1. The highest BCUT2D eigenvalue weighted by atomic mass is 19.2. The number of hydrogen-bond donors (Lipinski definition) is 2. The SMILES string of the molecule is C=C(/C(C)=C(/C=C\CC)CNCCC1(CC)CN(/C(C)=C/C=C(\C)C(=O)O)C(=O)O1)C(F)C/C(F)=C(\C)F. The maximum atomic E-state index is 14.6. The van der Waals surface area contributed by atoms with Gasteiger partial charge in [0.15, 0.2) is 0 Å². The number of hydrogen-bond acceptors (Lipinski definition) is 4. The molecule has 1 aliphatic heterocycles. The van der Waals surface area contributed by atoms with E-state index in [0.29, 0.717) is 43.7 Å². The lowest BCUT2D eigenvalue weighted by Crippen LogP contribution is -2.37. The van der Waals surface area contributed by atoms with Gasteiger partial charge in [-0.3, -0.25) is 4.90 Å². The van der Waals surface area contributed by atoms with Crippen molar-refractivity contribution in [2.24, 2.45) is 0 Å². The Morgan fingerprint density at radius 3 is 2.45 bits per heavy atom. The third kappa shape index (κ3) is 9.67. The fourth-order valence-corrected chi connectivity index (χ4v) is 3.77. The van der Waals surface area contributed by atoms with Gasteiger partial charge in [0.1, 0.15) is 23.4 Å². The Morgan fingerprint density at radius 2 is 1.89 bits per heavy atom. The molecule has 0 spiro atoms. The molecule has 0 saturated carbocycles. The first-order chi connectivity index (χ1) is 17.8. The second-order valence-electron chi connectivity index (χ2n) is 9.48. The van der Waals surface area contributed by atoms with Crippen LogP contribution >= 0.6 is 0 Å². The van der Waals surface area contributed by atoms with E-state index in [2.05, 4.69) is 11.9 Å². The van der Waals surface area contributed by atoms with Crippen LogP contribution < -0.4 is 5.32 Å². The summed E-state index contributed by atoms with van der Waals surface area (Å²) in [5.74, 6) is -3.20. The van der Waals surface area contributed by atoms with E-state index in [1.54, 1.807) is 19.9 Å². The molecule has 1 rings (SSSR count). The predicted octanol–water partition coefficient (Wildman–Crippen LogP) is 7.24. The molecule has 0 radical (unpaired) electrons. The number of carbonyl (C=O) groups is 2. The van der Waals surface area contributed by atoms with Crippen molar-refractivity contribution in [3.05, 3.63) is 70.5 Å². The molecule has 9 heteroatoms. The van der Waals surface area contributed by atoms with Gasteiger partial charge < -0.3 is 15.2 Å². The number of halogens is 3. The molecule has 0 bridgehead atoms. The van der Waals surface area contributed by atoms with E-state index in [1.807, 2.05) is 26.0 Å². The fraction of sp³-hybridized carbons (Fsp3) is 0.517. The zero-order valence-electron chi connectivity index (χ0n) is 23.3. The Morgan fingerprint density at radius 1 is 1.24 bits per heavy atom. The van der Waals surface area contributed by atoms with Crippen molar-refractivity contribution >= 4 is 12.1 Å². The number of ether oxygens (including phenoxy) is 1. The molecule has 1 heterocycles. The number of alkyl halides is 1. The predicted molar refractivity (Wildman–Crippen MR) is 145 cm³/mol. The lowest BCUT2D eigenvalue weighted by Gasteiger charge is -2.26. The summed E-state index contributed by atoms with van der Waals surface area (Å²) in [4.78, 5) is 25.1. The highest BCUT2D eigenvalue weighted by Crippen LogP contribution is 2.32. The van der Waals surface area contributed by atoms with Crippen LogP contribution in [0.5, 0.6) is 0 Å². The molecule has 1 fully saturated rings. The van der Waals surface area contributed by atoms with Gasteiger partial charge in [-0.2, -0.15) is 0 Å². The Bertz CT molecular complexity index is 1040. The van der Waals surface area contributed by atoms with Crippen LogP contribution in [-0.2, 0) is 9.53 Å². The van der Waals surface area contributed by atoms with Crippen molar-refractivity contribution in [1.29, 1.82) is 0 Å². The molecule has 0 aromatic rings. The summed E-state index contributed by atoms with van der Waals surface area (Å²) in [6, 6.07) is 0. The van der Waals surface area contributed by atoms with E-state index in [9.17, 15) is 22.8 Å². The van der Waals surface area contributed by atoms with Crippen LogP contribution in [0.2, 0.25) is 0 Å². The van der Waals surface area contributed by atoms with E-state index in [-0.39, 0.29) is 11.1 Å². The van der Waals surface area contributed by atoms with Crippen LogP contribution in [0.15, 0.2) is 70.5 Å². The molecule has 1 amide bonds. The van der Waals surface area contributed by atoms with Gasteiger partial charge >= 0.3 is 12.1 Å². The first-order valence-electron chi connectivity index (χ1n) is 12.8. The highest BCUT2D eigenvalue weighted by Gasteiger charge is 2.43. The van der Waals surface area contributed by atoms with Crippen LogP contribution in [0.3, 0.4) is 0 Å². The average molecular weight is 539 g/mol. The van der Waals surface area contributed by atoms with Crippen molar-refractivity contribution in [3.8, 4) is 0 Å². The van der Waals surface area contributed by atoms with Gasteiger partial charge in [-0.05, 0) is 69.9 Å². The van der Waals surface area contributed by atoms with Gasteiger partial charge in [-0.25, -0.2) is 22.8 Å². The largest absolute Gasteiger partial charge is 0.478 e. The minimum absolute atomic E-state index is 0.0961. The molecule has 6 nitrogen and oxygen atoms in total. The molecule has 38 heavy (non-hydrogen) atoms. The van der Waals surface area contributed by atoms with Crippen molar-refractivity contribution < 1.29 is 32.6 Å². The first kappa shape index (κ1) is 33.0. The lowest BCUT2D eigenvalue weighted by molar-refractivity contribution is -0.132. The number of rotatable bonds is 15. The number of amides is 1. The first-order valence-corrected chi connectivity index (χ1v) is 12.8. The van der Waals surface area contributed by atoms with E-state index >= 15 is 0 Å². The number of allylic oxidation sites excluding steroid dienone is 8. The average Bonchev–Trinajstić information content (AvgIpc) is 3.22. The summed E-state index contributed by atoms with van der Waals surface area (Å²) in [6.07, 6.45) is 5.74. The monoisotopic (exact) mass is 538 g/mol. The van der Waals surface area contributed by atoms with Gasteiger partial charge in [0.2, 0.25) is 0 Å². The molecule has 0 aliphatic carbocycles. The summed E-state index contributed by atoms with van der Waals surface area (Å²) in [5.41, 5.74) is 1.45. The topological polar surface area (TPSA) is 78.9 Å². The highest BCUT2D eigenvalue weighted by molar-refractivity contribution is 5.86. The summed E-state index contributed by atoms with van der Waals surface area (Å²) in [7, 11) is 0. The molecule has 0 aromatic heterocycles. The molecule has 0 aromatic carbocycles. The number of carbonyl (C=O) groups excluding carboxylic acids is 1. The van der Waals surface area contributed by atoms with Crippen molar-refractivity contribution in [2.45, 2.75) is 79.0 Å². The van der Waals surface area contributed by atoms with Gasteiger partial charge in [0, 0.05) is 30.7 Å². The quantitative estimate of drug-likeness (QED) is 0.131. The number of nitrogens with zero attached hydrogens (tertiary/aromatic N) is 1. The Hall–Kier alpha value is -3.07. The molecular weight excluding hydrogens is 497 g/mol. The van der Waals surface area contributed by atoms with Crippen molar-refractivity contribution in [2.75, 3.05) is 19.6 Å². The van der Waals surface area contributed by atoms with Crippen LogP contribution in [-0.4, -0.2) is 53.5 Å². The Kier molecular flexibility index (Phi) is 13.3. The molecule has 1 saturated heterocycles. The van der Waals surface area contributed by atoms with E-state index in [4.69, 9.17) is 9.84 Å². The number of aliphatic carboxylic acids is 1. The summed E-state index contributed by atoms with van der Waals surface area (Å²) in [5, 5.41) is 12.3. The van der Waals surface area contributed by atoms with Gasteiger partial charge in [0.05, 0.1) is 6.54 Å². The van der Waals surface area contributed by atoms with Crippen molar-refractivity contribution in [1.82, 2.24) is 10.2 Å². The van der Waals surface area contributed by atoms with Gasteiger partial charge in [0.25, 0.3) is 0 Å². The van der Waals surface area contributed by atoms with Crippen molar-refractivity contribution in [3.63, 3.8) is 0 Å². The number of carboxylic acids is 1. The smallest absolute Gasteiger partial charge is 0.414 e. The lowest BCUT2D eigenvalue weighted by atomic mass is 9.95.